The van der Waals surface area contributed by atoms with Gasteiger partial charge in [0.25, 0.3) is 0 Å². The highest BCUT2D eigenvalue weighted by atomic mass is 15.2. The molecule has 1 aliphatic carbocycles. The molecule has 316 valence electrons. The molecule has 1 heterocycles. The van der Waals surface area contributed by atoms with Gasteiger partial charge in [0.15, 0.2) is 0 Å². The maximum atomic E-state index is 2.57. The third kappa shape index (κ3) is 6.98. The van der Waals surface area contributed by atoms with Crippen molar-refractivity contribution in [3.63, 3.8) is 0 Å². The maximum absolute atomic E-state index is 2.57. The molecule has 0 atom stereocenters. The third-order valence-electron chi connectivity index (χ3n) is 14.0. The normalized spacial score (nSPS) is 13.1. The average molecular weight is 847 g/mol. The van der Waals surface area contributed by atoms with E-state index in [2.05, 4.69) is 246 Å². The van der Waals surface area contributed by atoms with Crippen LogP contribution in [0.3, 0.4) is 0 Å². The number of hydrogen-bond acceptors (Lipinski definition) is 1. The van der Waals surface area contributed by atoms with E-state index in [1.165, 1.54) is 115 Å². The highest BCUT2D eigenvalue weighted by Gasteiger charge is 2.27. The Hall–Kier alpha value is -7.94. The topological polar surface area (TPSA) is 8.17 Å². The van der Waals surface area contributed by atoms with Gasteiger partial charge in [0.2, 0.25) is 0 Å². The molecule has 0 spiro atoms. The lowest BCUT2D eigenvalue weighted by molar-refractivity contribution is 0.445. The molecule has 1 aromatic heterocycles. The zero-order valence-electron chi connectivity index (χ0n) is 37.0. The lowest BCUT2D eigenvalue weighted by Gasteiger charge is -2.32. The Bertz CT molecular complexity index is 3500. The summed E-state index contributed by atoms with van der Waals surface area (Å²) in [7, 11) is 0. The van der Waals surface area contributed by atoms with Crippen molar-refractivity contribution >= 4 is 49.6 Å². The van der Waals surface area contributed by atoms with Gasteiger partial charge in [-0.25, -0.2) is 0 Å². The number of rotatable bonds is 9. The summed E-state index contributed by atoms with van der Waals surface area (Å²) in [5, 5.41) is 5.16. The van der Waals surface area contributed by atoms with E-state index in [1.807, 2.05) is 0 Å². The molecule has 12 rings (SSSR count). The second-order valence-corrected chi connectivity index (χ2v) is 17.8. The van der Waals surface area contributed by atoms with Gasteiger partial charge < -0.3 is 9.47 Å². The maximum Gasteiger partial charge on any atom is 0.0547 e. The van der Waals surface area contributed by atoms with E-state index >= 15 is 0 Å². The average Bonchev–Trinajstić information content (AvgIpc) is 3.74. The van der Waals surface area contributed by atoms with E-state index in [1.54, 1.807) is 0 Å². The molecule has 0 saturated heterocycles. The van der Waals surface area contributed by atoms with Gasteiger partial charge in [-0.05, 0) is 111 Å². The minimum Gasteiger partial charge on any atom is -0.309 e. The van der Waals surface area contributed by atoms with Gasteiger partial charge >= 0.3 is 0 Å². The fraction of sp³-hybridized carbons (Fsp3) is 0.0938. The molecule has 0 amide bonds. The van der Waals surface area contributed by atoms with Crippen molar-refractivity contribution in [3.8, 4) is 50.2 Å². The molecule has 2 nitrogen and oxygen atoms in total. The van der Waals surface area contributed by atoms with Crippen LogP contribution in [0.15, 0.2) is 237 Å². The van der Waals surface area contributed by atoms with Crippen molar-refractivity contribution in [1.82, 2.24) is 4.57 Å². The lowest BCUT2D eigenvalue weighted by Crippen LogP contribution is -2.14. The molecular weight excluding hydrogens is 797 g/mol. The van der Waals surface area contributed by atoms with E-state index < -0.39 is 0 Å². The van der Waals surface area contributed by atoms with Crippen molar-refractivity contribution in [1.29, 1.82) is 0 Å². The summed E-state index contributed by atoms with van der Waals surface area (Å²) in [6, 6.07) is 87.4. The molecule has 0 N–H and O–H groups in total. The Labute approximate surface area is 387 Å². The van der Waals surface area contributed by atoms with Gasteiger partial charge in [-0.15, -0.1) is 0 Å². The summed E-state index contributed by atoms with van der Waals surface area (Å²) in [5.74, 6) is 0.557. The number of fused-ring (bicyclic) bond motifs is 4. The van der Waals surface area contributed by atoms with Gasteiger partial charge in [0, 0.05) is 33.2 Å². The summed E-state index contributed by atoms with van der Waals surface area (Å²) in [5.41, 5.74) is 18.0. The van der Waals surface area contributed by atoms with Crippen LogP contribution >= 0.6 is 0 Å². The summed E-state index contributed by atoms with van der Waals surface area (Å²) >= 11 is 0. The number of nitrogens with zero attached hydrogens (tertiary/aromatic N) is 2. The monoisotopic (exact) mass is 846 g/mol. The Morgan fingerprint density at radius 2 is 0.879 bits per heavy atom. The van der Waals surface area contributed by atoms with Gasteiger partial charge in [0.1, 0.15) is 0 Å². The smallest absolute Gasteiger partial charge is 0.0547 e. The molecule has 11 aromatic rings. The van der Waals surface area contributed by atoms with Crippen molar-refractivity contribution in [2.45, 2.75) is 38.0 Å². The zero-order valence-corrected chi connectivity index (χ0v) is 37.0. The van der Waals surface area contributed by atoms with Crippen LogP contribution in [-0.4, -0.2) is 4.57 Å². The van der Waals surface area contributed by atoms with Crippen LogP contribution in [0.4, 0.5) is 17.1 Å². The standard InChI is InChI=1S/C64H50N2/c1-5-22-45(23-6-1)49-42-43-61(57(44-49)47-26-9-3-10-27-47)66(58-38-16-13-32-52(58)54-36-20-29-48-28-19-35-51(63(48)54)46-24-7-2-8-25-46)59-39-17-14-33-53(59)55-37-21-41-62-64(55)56-34-15-18-40-60(56)65(62)50-30-11-4-12-31-50/h1,3-6,9-23,26-44,46H,2,7-8,24-25H2. The van der Waals surface area contributed by atoms with E-state index in [-0.39, 0.29) is 0 Å². The van der Waals surface area contributed by atoms with Crippen molar-refractivity contribution in [3.05, 3.63) is 242 Å². The lowest BCUT2D eigenvalue weighted by atomic mass is 9.80. The fourth-order valence-corrected chi connectivity index (χ4v) is 11.0. The van der Waals surface area contributed by atoms with Gasteiger partial charge in [0.05, 0.1) is 28.1 Å². The zero-order chi connectivity index (χ0) is 43.8. The first-order valence-corrected chi connectivity index (χ1v) is 23.6. The molecule has 0 bridgehead atoms. The number of para-hydroxylation sites is 4. The van der Waals surface area contributed by atoms with E-state index in [0.29, 0.717) is 5.92 Å². The SMILES string of the molecule is c1ccc(-c2ccc(N(c3ccccc3-c3cccc4cccc(C5CCCCC5)c34)c3ccccc3-c3cccc4c3c3ccccc3n4-c3ccccc3)c(-c3ccccc3)c2)cc1. The molecular formula is C64H50N2. The van der Waals surface area contributed by atoms with Gasteiger partial charge in [-0.1, -0.05) is 207 Å². The molecule has 66 heavy (non-hydrogen) atoms. The number of aromatic nitrogens is 1. The summed E-state index contributed by atoms with van der Waals surface area (Å²) in [6.45, 7) is 0. The minimum atomic E-state index is 0.557. The highest BCUT2D eigenvalue weighted by Crippen LogP contribution is 2.51. The predicted molar refractivity (Wildman–Crippen MR) is 281 cm³/mol. The summed E-state index contributed by atoms with van der Waals surface area (Å²) < 4.78 is 2.42. The molecule has 2 heteroatoms. The first-order chi connectivity index (χ1) is 32.8. The van der Waals surface area contributed by atoms with Crippen LogP contribution in [0, 0.1) is 0 Å². The first-order valence-electron chi connectivity index (χ1n) is 23.6. The van der Waals surface area contributed by atoms with Crippen LogP contribution in [0.1, 0.15) is 43.6 Å². The van der Waals surface area contributed by atoms with Crippen LogP contribution in [0.5, 0.6) is 0 Å². The molecule has 10 aromatic carbocycles. The van der Waals surface area contributed by atoms with Crippen LogP contribution in [-0.2, 0) is 0 Å². The second-order valence-electron chi connectivity index (χ2n) is 17.8. The van der Waals surface area contributed by atoms with E-state index in [0.717, 1.165) is 22.7 Å². The van der Waals surface area contributed by atoms with Crippen molar-refractivity contribution in [2.24, 2.45) is 0 Å². The van der Waals surface area contributed by atoms with Gasteiger partial charge in [-0.3, -0.25) is 0 Å². The minimum absolute atomic E-state index is 0.557. The summed E-state index contributed by atoms with van der Waals surface area (Å²) in [6.07, 6.45) is 6.41. The predicted octanol–water partition coefficient (Wildman–Crippen LogP) is 18.1. The van der Waals surface area contributed by atoms with Crippen LogP contribution in [0.2, 0.25) is 0 Å². The fourth-order valence-electron chi connectivity index (χ4n) is 11.0. The molecule has 1 fully saturated rings. The first kappa shape index (κ1) is 39.6. The number of hydrogen-bond donors (Lipinski definition) is 0. The highest BCUT2D eigenvalue weighted by molar-refractivity contribution is 6.17. The molecule has 0 aliphatic heterocycles. The molecule has 0 unspecified atom stereocenters. The Balaban J connectivity index is 1.16. The Morgan fingerprint density at radius 3 is 1.59 bits per heavy atom. The number of anilines is 3. The van der Waals surface area contributed by atoms with Crippen molar-refractivity contribution < 1.29 is 0 Å². The van der Waals surface area contributed by atoms with Crippen molar-refractivity contribution in [2.75, 3.05) is 4.90 Å². The van der Waals surface area contributed by atoms with Crippen LogP contribution in [0.25, 0.3) is 82.8 Å². The van der Waals surface area contributed by atoms with E-state index in [9.17, 15) is 0 Å². The quantitative estimate of drug-likeness (QED) is 0.140. The second kappa shape index (κ2) is 17.2. The number of benzene rings is 10. The summed E-state index contributed by atoms with van der Waals surface area (Å²) in [4.78, 5) is 2.57. The third-order valence-corrected chi connectivity index (χ3v) is 14.0. The van der Waals surface area contributed by atoms with Gasteiger partial charge in [-0.2, -0.15) is 0 Å². The Kier molecular flexibility index (Phi) is 10.3. The van der Waals surface area contributed by atoms with E-state index in [4.69, 9.17) is 0 Å². The largest absolute Gasteiger partial charge is 0.309 e. The Morgan fingerprint density at radius 1 is 0.348 bits per heavy atom. The molecule has 0 radical (unpaired) electrons. The molecule has 1 saturated carbocycles. The molecule has 1 aliphatic rings. The van der Waals surface area contributed by atoms with Crippen LogP contribution < -0.4 is 4.90 Å².